The third kappa shape index (κ3) is 3.07. The van der Waals surface area contributed by atoms with Crippen molar-refractivity contribution in [2.24, 2.45) is 0 Å². The van der Waals surface area contributed by atoms with Crippen molar-refractivity contribution in [2.45, 2.75) is 58.3 Å². The summed E-state index contributed by atoms with van der Waals surface area (Å²) in [6, 6.07) is 10.2. The van der Waals surface area contributed by atoms with Crippen molar-refractivity contribution in [2.75, 3.05) is 0 Å². The zero-order valence-corrected chi connectivity index (χ0v) is 16.1. The molecule has 3 rings (SSSR count). The fraction of sp³-hybridized carbons (Fsp3) is 0.391. The molecule has 136 valence electrons. The summed E-state index contributed by atoms with van der Waals surface area (Å²) >= 11 is 0. The summed E-state index contributed by atoms with van der Waals surface area (Å²) in [5.74, 6) is -1.31. The largest absolute Gasteiger partial charge is 0.545 e. The number of aryl methyl sites for hydroxylation is 1. The molecule has 2 aromatic rings. The monoisotopic (exact) mass is 349 g/mol. The van der Waals surface area contributed by atoms with E-state index < -0.39 is 5.97 Å². The minimum Gasteiger partial charge on any atom is -0.545 e. The lowest BCUT2D eigenvalue weighted by atomic mass is 9.62. The van der Waals surface area contributed by atoms with E-state index in [4.69, 9.17) is 0 Å². The predicted molar refractivity (Wildman–Crippen MR) is 101 cm³/mol. The second-order valence-electron chi connectivity index (χ2n) is 8.67. The Labute approximate surface area is 155 Å². The van der Waals surface area contributed by atoms with Crippen LogP contribution in [0.15, 0.2) is 36.4 Å². The lowest BCUT2D eigenvalue weighted by Gasteiger charge is -2.42. The molecule has 0 aromatic heterocycles. The summed E-state index contributed by atoms with van der Waals surface area (Å²) in [4.78, 5) is 23.9. The lowest BCUT2D eigenvalue weighted by Crippen LogP contribution is -2.34. The van der Waals surface area contributed by atoms with Crippen LogP contribution in [0.25, 0.3) is 0 Å². The highest BCUT2D eigenvalue weighted by atomic mass is 16.4. The topological polar surface area (TPSA) is 57.2 Å². The van der Waals surface area contributed by atoms with Gasteiger partial charge in [0.05, 0.1) is 5.97 Å². The highest BCUT2D eigenvalue weighted by Gasteiger charge is 2.37. The fourth-order valence-corrected chi connectivity index (χ4v) is 3.88. The van der Waals surface area contributed by atoms with E-state index in [1.807, 2.05) is 6.92 Å². The Morgan fingerprint density at radius 3 is 1.81 bits per heavy atom. The van der Waals surface area contributed by atoms with E-state index >= 15 is 0 Å². The van der Waals surface area contributed by atoms with Gasteiger partial charge in [0.1, 0.15) is 0 Å². The van der Waals surface area contributed by atoms with Gasteiger partial charge in [0.15, 0.2) is 5.78 Å². The lowest BCUT2D eigenvalue weighted by molar-refractivity contribution is -0.255. The van der Waals surface area contributed by atoms with Crippen LogP contribution < -0.4 is 5.11 Å². The number of ketones is 1. The molecule has 0 spiro atoms. The van der Waals surface area contributed by atoms with Gasteiger partial charge in [0.25, 0.3) is 0 Å². The van der Waals surface area contributed by atoms with E-state index in [-0.39, 0.29) is 22.2 Å². The summed E-state index contributed by atoms with van der Waals surface area (Å²) in [6.45, 7) is 11.0. The SMILES string of the molecule is Cc1cc2c(cc1C(=O)c1ccc(C(=O)[O-])cc1)C(C)(C)CCC2(C)C. The van der Waals surface area contributed by atoms with Crippen molar-refractivity contribution in [1.29, 1.82) is 0 Å². The molecule has 0 amide bonds. The molecule has 0 heterocycles. The number of aromatic carboxylic acids is 1. The van der Waals surface area contributed by atoms with Gasteiger partial charge in [-0.2, -0.15) is 0 Å². The molecule has 2 aromatic carbocycles. The molecule has 0 N–H and O–H groups in total. The van der Waals surface area contributed by atoms with E-state index in [1.54, 1.807) is 12.1 Å². The summed E-state index contributed by atoms with van der Waals surface area (Å²) < 4.78 is 0. The van der Waals surface area contributed by atoms with Crippen molar-refractivity contribution in [1.82, 2.24) is 0 Å². The zero-order chi connectivity index (χ0) is 19.3. The van der Waals surface area contributed by atoms with Crippen LogP contribution in [-0.2, 0) is 10.8 Å². The maximum absolute atomic E-state index is 13.0. The summed E-state index contributed by atoms with van der Waals surface area (Å²) in [5.41, 5.74) is 4.93. The Balaban J connectivity index is 2.09. The van der Waals surface area contributed by atoms with E-state index in [1.165, 1.54) is 23.3 Å². The molecule has 3 nitrogen and oxygen atoms in total. The van der Waals surface area contributed by atoms with Crippen LogP contribution in [0.1, 0.15) is 83.5 Å². The number of carboxylic acids is 1. The molecule has 0 radical (unpaired) electrons. The molecule has 1 aliphatic rings. The van der Waals surface area contributed by atoms with Crippen LogP contribution in [0.5, 0.6) is 0 Å². The molecular formula is C23H25O3-. The number of hydrogen-bond acceptors (Lipinski definition) is 3. The predicted octanol–water partition coefficient (Wildman–Crippen LogP) is 3.94. The smallest absolute Gasteiger partial charge is 0.193 e. The van der Waals surface area contributed by atoms with Crippen molar-refractivity contribution in [3.8, 4) is 0 Å². The van der Waals surface area contributed by atoms with Crippen molar-refractivity contribution >= 4 is 11.8 Å². The van der Waals surface area contributed by atoms with Crippen molar-refractivity contribution in [3.05, 3.63) is 69.8 Å². The van der Waals surface area contributed by atoms with Crippen LogP contribution in [0.3, 0.4) is 0 Å². The average Bonchev–Trinajstić information content (AvgIpc) is 2.58. The highest BCUT2D eigenvalue weighted by Crippen LogP contribution is 2.46. The maximum Gasteiger partial charge on any atom is 0.193 e. The minimum absolute atomic E-state index is 0.0341. The fourth-order valence-electron chi connectivity index (χ4n) is 3.88. The first-order valence-corrected chi connectivity index (χ1v) is 9.05. The van der Waals surface area contributed by atoms with Gasteiger partial charge in [-0.1, -0.05) is 58.0 Å². The van der Waals surface area contributed by atoms with Gasteiger partial charge in [-0.15, -0.1) is 0 Å². The number of carbonyl (C=O) groups is 2. The average molecular weight is 349 g/mol. The van der Waals surface area contributed by atoms with Crippen LogP contribution in [0.4, 0.5) is 0 Å². The quantitative estimate of drug-likeness (QED) is 0.789. The third-order valence-corrected chi connectivity index (χ3v) is 5.83. The number of carbonyl (C=O) groups excluding carboxylic acids is 2. The number of carboxylic acid groups (broad SMARTS) is 1. The van der Waals surface area contributed by atoms with Crippen molar-refractivity contribution in [3.63, 3.8) is 0 Å². The Morgan fingerprint density at radius 1 is 0.846 bits per heavy atom. The number of rotatable bonds is 3. The number of hydrogen-bond donors (Lipinski definition) is 0. The first kappa shape index (κ1) is 18.4. The maximum atomic E-state index is 13.0. The molecule has 0 bridgehead atoms. The third-order valence-electron chi connectivity index (χ3n) is 5.83. The van der Waals surface area contributed by atoms with Crippen LogP contribution in [-0.4, -0.2) is 11.8 Å². The molecule has 0 aliphatic heterocycles. The van der Waals surface area contributed by atoms with E-state index in [0.717, 1.165) is 18.4 Å². The van der Waals surface area contributed by atoms with Crippen LogP contribution >= 0.6 is 0 Å². The van der Waals surface area contributed by atoms with Gasteiger partial charge in [0.2, 0.25) is 0 Å². The van der Waals surface area contributed by atoms with Crippen LogP contribution in [0.2, 0.25) is 0 Å². The van der Waals surface area contributed by atoms with Crippen molar-refractivity contribution < 1.29 is 14.7 Å². The molecule has 26 heavy (non-hydrogen) atoms. The van der Waals surface area contributed by atoms with E-state index in [2.05, 4.69) is 39.8 Å². The Morgan fingerprint density at radius 2 is 1.31 bits per heavy atom. The van der Waals surface area contributed by atoms with Gasteiger partial charge < -0.3 is 9.90 Å². The number of benzene rings is 2. The minimum atomic E-state index is -1.24. The highest BCUT2D eigenvalue weighted by molar-refractivity contribution is 6.10. The molecule has 0 saturated carbocycles. The summed E-state index contributed by atoms with van der Waals surface area (Å²) in [5, 5.41) is 10.9. The van der Waals surface area contributed by atoms with Gasteiger partial charge in [0, 0.05) is 11.1 Å². The summed E-state index contributed by atoms with van der Waals surface area (Å²) in [6.07, 6.45) is 2.22. The molecule has 0 fully saturated rings. The Kier molecular flexibility index (Phi) is 4.30. The molecule has 1 aliphatic carbocycles. The second-order valence-corrected chi connectivity index (χ2v) is 8.67. The summed E-state index contributed by atoms with van der Waals surface area (Å²) in [7, 11) is 0. The Bertz CT molecular complexity index is 886. The zero-order valence-electron chi connectivity index (χ0n) is 16.1. The molecule has 0 saturated heterocycles. The number of fused-ring (bicyclic) bond motifs is 1. The first-order chi connectivity index (χ1) is 12.0. The second kappa shape index (κ2) is 6.08. The first-order valence-electron chi connectivity index (χ1n) is 9.05. The molecule has 0 atom stereocenters. The van der Waals surface area contributed by atoms with Gasteiger partial charge in [-0.3, -0.25) is 4.79 Å². The molecular weight excluding hydrogens is 324 g/mol. The van der Waals surface area contributed by atoms with Gasteiger partial charge >= 0.3 is 0 Å². The van der Waals surface area contributed by atoms with Gasteiger partial charge in [-0.25, -0.2) is 0 Å². The van der Waals surface area contributed by atoms with E-state index in [0.29, 0.717) is 11.1 Å². The van der Waals surface area contributed by atoms with E-state index in [9.17, 15) is 14.7 Å². The standard InChI is InChI=1S/C23H26O3/c1-14-12-18-19(23(4,5)11-10-22(18,2)3)13-17(14)20(24)15-6-8-16(9-7-15)21(25)26/h6-9,12-13H,10-11H2,1-5H3,(H,25,26)/p-1. The van der Waals surface area contributed by atoms with Gasteiger partial charge in [-0.05, 0) is 58.9 Å². The Hall–Kier alpha value is -2.42. The van der Waals surface area contributed by atoms with Crippen LogP contribution in [0, 0.1) is 6.92 Å². The molecule has 3 heteroatoms. The molecule has 0 unspecified atom stereocenters. The normalized spacial score (nSPS) is 17.4.